The number of halogens is 5. The van der Waals surface area contributed by atoms with Gasteiger partial charge in [-0.3, -0.25) is 4.18 Å². The van der Waals surface area contributed by atoms with Crippen LogP contribution in [-0.4, -0.2) is 27.1 Å². The number of unbranched alkanes of at least 4 members (excludes halogenated alkanes) is 5. The van der Waals surface area contributed by atoms with Crippen molar-refractivity contribution in [2.75, 3.05) is 6.61 Å². The van der Waals surface area contributed by atoms with Crippen molar-refractivity contribution in [1.29, 1.82) is 0 Å². The molecule has 0 aliphatic rings. The summed E-state index contributed by atoms with van der Waals surface area (Å²) >= 11 is 0. The second kappa shape index (κ2) is 10.2. The van der Waals surface area contributed by atoms with E-state index in [1.54, 1.807) is 30.3 Å². The van der Waals surface area contributed by atoms with Crippen LogP contribution in [0.2, 0.25) is 0 Å². The Labute approximate surface area is 150 Å². The Kier molecular flexibility index (Phi) is 8.95. The zero-order valence-corrected chi connectivity index (χ0v) is 15.1. The third-order valence-corrected chi connectivity index (χ3v) is 4.96. The van der Waals surface area contributed by atoms with Crippen molar-refractivity contribution in [3.05, 3.63) is 35.9 Å². The van der Waals surface area contributed by atoms with E-state index in [0.29, 0.717) is 31.2 Å². The van der Waals surface area contributed by atoms with E-state index in [1.165, 1.54) is 0 Å². The van der Waals surface area contributed by atoms with Crippen molar-refractivity contribution >= 4 is 10.1 Å². The van der Waals surface area contributed by atoms with Gasteiger partial charge in [0.2, 0.25) is 0 Å². The van der Waals surface area contributed by atoms with E-state index in [0.717, 1.165) is 0 Å². The second-order valence-electron chi connectivity index (χ2n) is 6.08. The van der Waals surface area contributed by atoms with Crippen LogP contribution in [0.1, 0.15) is 50.5 Å². The lowest BCUT2D eigenvalue weighted by Gasteiger charge is -2.19. The Morgan fingerprint density at radius 2 is 1.35 bits per heavy atom. The molecule has 0 amide bonds. The molecule has 0 aliphatic carbocycles. The van der Waals surface area contributed by atoms with Crippen molar-refractivity contribution in [2.45, 2.75) is 62.8 Å². The maximum absolute atomic E-state index is 12.7. The first-order chi connectivity index (χ1) is 12.0. The SMILES string of the molecule is O=S(=O)(Cc1ccccc1)OCCCCCCCCC(F)(F)C(F)(F)F. The lowest BCUT2D eigenvalue weighted by atomic mass is 10.1. The van der Waals surface area contributed by atoms with E-state index in [4.69, 9.17) is 4.18 Å². The highest BCUT2D eigenvalue weighted by Crippen LogP contribution is 2.39. The molecule has 0 N–H and O–H groups in total. The average molecular weight is 402 g/mol. The molecule has 0 saturated heterocycles. The molecule has 0 aromatic heterocycles. The molecule has 0 bridgehead atoms. The summed E-state index contributed by atoms with van der Waals surface area (Å²) in [5.74, 6) is -4.84. The third-order valence-electron chi connectivity index (χ3n) is 3.75. The fourth-order valence-corrected chi connectivity index (χ4v) is 3.36. The summed E-state index contributed by atoms with van der Waals surface area (Å²) in [4.78, 5) is 0. The lowest BCUT2D eigenvalue weighted by molar-refractivity contribution is -0.284. The predicted molar refractivity (Wildman–Crippen MR) is 88.3 cm³/mol. The first kappa shape index (κ1) is 22.8. The summed E-state index contributed by atoms with van der Waals surface area (Å²) in [6.07, 6.45) is -4.37. The average Bonchev–Trinajstić information content (AvgIpc) is 2.52. The van der Waals surface area contributed by atoms with Gasteiger partial charge in [0.15, 0.2) is 0 Å². The molecule has 0 radical (unpaired) electrons. The van der Waals surface area contributed by atoms with Gasteiger partial charge in [0, 0.05) is 6.42 Å². The van der Waals surface area contributed by atoms with Gasteiger partial charge in [0.1, 0.15) is 5.75 Å². The minimum atomic E-state index is -5.49. The number of rotatable bonds is 12. The van der Waals surface area contributed by atoms with Crippen LogP contribution in [0.3, 0.4) is 0 Å². The summed E-state index contributed by atoms with van der Waals surface area (Å²) in [5.41, 5.74) is 0.628. The Morgan fingerprint density at radius 1 is 0.808 bits per heavy atom. The summed E-state index contributed by atoms with van der Waals surface area (Å²) in [5, 5.41) is 0. The van der Waals surface area contributed by atoms with Gasteiger partial charge >= 0.3 is 12.1 Å². The maximum atomic E-state index is 12.7. The lowest BCUT2D eigenvalue weighted by Crippen LogP contribution is -2.36. The molecule has 1 aromatic carbocycles. The summed E-state index contributed by atoms with van der Waals surface area (Å²) in [7, 11) is -3.66. The van der Waals surface area contributed by atoms with Crippen molar-refractivity contribution in [3.63, 3.8) is 0 Å². The second-order valence-corrected chi connectivity index (χ2v) is 7.72. The van der Waals surface area contributed by atoms with Crippen LogP contribution in [0.5, 0.6) is 0 Å². The van der Waals surface area contributed by atoms with E-state index in [1.807, 2.05) is 0 Å². The van der Waals surface area contributed by atoms with E-state index in [2.05, 4.69) is 0 Å². The molecule has 0 atom stereocenters. The van der Waals surface area contributed by atoms with Crippen LogP contribution in [0.25, 0.3) is 0 Å². The molecule has 1 aromatic rings. The van der Waals surface area contributed by atoms with E-state index in [-0.39, 0.29) is 25.2 Å². The minimum absolute atomic E-state index is 0.0291. The summed E-state index contributed by atoms with van der Waals surface area (Å²) < 4.78 is 89.7. The molecule has 0 fully saturated rings. The number of hydrogen-bond donors (Lipinski definition) is 0. The van der Waals surface area contributed by atoms with Crippen LogP contribution in [0.15, 0.2) is 30.3 Å². The Balaban J connectivity index is 2.07. The summed E-state index contributed by atoms with van der Waals surface area (Å²) in [6.45, 7) is 0.0291. The van der Waals surface area contributed by atoms with Crippen molar-refractivity contribution in [2.24, 2.45) is 0 Å². The molecule has 26 heavy (non-hydrogen) atoms. The number of hydrogen-bond acceptors (Lipinski definition) is 3. The van der Waals surface area contributed by atoms with Crippen LogP contribution in [-0.2, 0) is 20.1 Å². The Morgan fingerprint density at radius 3 is 1.92 bits per heavy atom. The maximum Gasteiger partial charge on any atom is 0.453 e. The van der Waals surface area contributed by atoms with E-state index < -0.39 is 28.6 Å². The fourth-order valence-electron chi connectivity index (χ4n) is 2.30. The van der Waals surface area contributed by atoms with Gasteiger partial charge in [-0.25, -0.2) is 0 Å². The fraction of sp³-hybridized carbons (Fsp3) is 0.647. The smallest absolute Gasteiger partial charge is 0.270 e. The van der Waals surface area contributed by atoms with Crippen molar-refractivity contribution in [3.8, 4) is 0 Å². The monoisotopic (exact) mass is 402 g/mol. The molecule has 150 valence electrons. The first-order valence-corrected chi connectivity index (χ1v) is 9.97. The molecule has 0 aliphatic heterocycles. The van der Waals surface area contributed by atoms with Gasteiger partial charge in [0.25, 0.3) is 10.1 Å². The molecule has 0 heterocycles. The standard InChI is InChI=1S/C17H23F5O3S/c18-16(19,17(20,21)22)12-8-3-1-2-4-9-13-25-26(23,24)14-15-10-6-5-7-11-15/h5-7,10-11H,1-4,8-9,12-14H2. The van der Waals surface area contributed by atoms with Crippen LogP contribution >= 0.6 is 0 Å². The molecule has 0 saturated carbocycles. The van der Waals surface area contributed by atoms with E-state index >= 15 is 0 Å². The zero-order valence-electron chi connectivity index (χ0n) is 14.3. The zero-order chi connectivity index (χ0) is 19.7. The van der Waals surface area contributed by atoms with Crippen molar-refractivity contribution < 1.29 is 34.6 Å². The van der Waals surface area contributed by atoms with Gasteiger partial charge in [-0.2, -0.15) is 30.4 Å². The van der Waals surface area contributed by atoms with Gasteiger partial charge in [0.05, 0.1) is 6.61 Å². The largest absolute Gasteiger partial charge is 0.453 e. The molecular weight excluding hydrogens is 379 g/mol. The molecular formula is C17H23F5O3S. The number of alkyl halides is 5. The molecule has 1 rings (SSSR count). The third kappa shape index (κ3) is 8.93. The Bertz CT molecular complexity index is 615. The van der Waals surface area contributed by atoms with Crippen LogP contribution in [0.4, 0.5) is 22.0 Å². The van der Waals surface area contributed by atoms with Gasteiger partial charge in [-0.15, -0.1) is 0 Å². The molecule has 0 spiro atoms. The highest BCUT2D eigenvalue weighted by atomic mass is 32.2. The van der Waals surface area contributed by atoms with Crippen molar-refractivity contribution in [1.82, 2.24) is 0 Å². The molecule has 9 heteroatoms. The molecule has 0 unspecified atom stereocenters. The predicted octanol–water partition coefficient (Wildman–Crippen LogP) is 5.46. The molecule has 3 nitrogen and oxygen atoms in total. The minimum Gasteiger partial charge on any atom is -0.270 e. The summed E-state index contributed by atoms with van der Waals surface area (Å²) in [6, 6.07) is 8.61. The van der Waals surface area contributed by atoms with Crippen LogP contribution in [0, 0.1) is 0 Å². The van der Waals surface area contributed by atoms with Gasteiger partial charge in [-0.05, 0) is 18.4 Å². The highest BCUT2D eigenvalue weighted by Gasteiger charge is 2.56. The van der Waals surface area contributed by atoms with Gasteiger partial charge in [-0.1, -0.05) is 56.0 Å². The highest BCUT2D eigenvalue weighted by molar-refractivity contribution is 7.85. The van der Waals surface area contributed by atoms with Crippen LogP contribution < -0.4 is 0 Å². The van der Waals surface area contributed by atoms with Gasteiger partial charge < -0.3 is 0 Å². The Hall–Kier alpha value is -1.22. The quantitative estimate of drug-likeness (QED) is 0.265. The topological polar surface area (TPSA) is 43.4 Å². The first-order valence-electron chi connectivity index (χ1n) is 8.39. The normalized spacial score (nSPS) is 13.1. The number of benzene rings is 1. The van der Waals surface area contributed by atoms with E-state index in [9.17, 15) is 30.4 Å².